The SMILES string of the molecule is CC.CCN(C)CC1CCNC1.Cc1cc(N2CC[C@](C)(c3ccccc3)C2)cn2nc(C=O)nc12. The van der Waals surface area contributed by atoms with Gasteiger partial charge >= 0.3 is 0 Å². The molecule has 0 amide bonds. The van der Waals surface area contributed by atoms with E-state index in [2.05, 4.69) is 82.5 Å². The highest BCUT2D eigenvalue weighted by Crippen LogP contribution is 2.36. The van der Waals surface area contributed by atoms with Gasteiger partial charge in [-0.3, -0.25) is 4.79 Å². The minimum absolute atomic E-state index is 0.153. The maximum Gasteiger partial charge on any atom is 0.214 e. The minimum atomic E-state index is 0.153. The molecule has 196 valence electrons. The fraction of sp³-hybridized carbons (Fsp3) is 0.552. The fourth-order valence-corrected chi connectivity index (χ4v) is 5.07. The Hall–Kier alpha value is -2.77. The Morgan fingerprint density at radius 1 is 1.25 bits per heavy atom. The molecular weight excluding hydrogens is 448 g/mol. The van der Waals surface area contributed by atoms with E-state index < -0.39 is 0 Å². The van der Waals surface area contributed by atoms with Gasteiger partial charge < -0.3 is 15.1 Å². The molecule has 0 aliphatic carbocycles. The number of benzene rings is 1. The van der Waals surface area contributed by atoms with Crippen molar-refractivity contribution in [3.05, 3.63) is 59.5 Å². The maximum absolute atomic E-state index is 10.9. The number of aromatic nitrogens is 3. The third-order valence-corrected chi connectivity index (χ3v) is 7.31. The number of anilines is 1. The van der Waals surface area contributed by atoms with Gasteiger partial charge in [0.25, 0.3) is 0 Å². The monoisotopic (exact) mass is 492 g/mol. The molecule has 7 nitrogen and oxygen atoms in total. The highest BCUT2D eigenvalue weighted by Gasteiger charge is 2.35. The van der Waals surface area contributed by atoms with Gasteiger partial charge in [0, 0.05) is 25.0 Å². The summed E-state index contributed by atoms with van der Waals surface area (Å²) in [7, 11) is 2.19. The molecule has 2 aliphatic heterocycles. The smallest absolute Gasteiger partial charge is 0.214 e. The van der Waals surface area contributed by atoms with E-state index >= 15 is 0 Å². The van der Waals surface area contributed by atoms with E-state index in [4.69, 9.17) is 0 Å². The number of nitrogens with one attached hydrogen (secondary N) is 1. The number of hydrogen-bond donors (Lipinski definition) is 1. The van der Waals surface area contributed by atoms with E-state index in [0.29, 0.717) is 6.29 Å². The molecule has 3 aromatic rings. The Bertz CT molecular complexity index is 1090. The molecule has 2 fully saturated rings. The lowest BCUT2D eigenvalue weighted by Crippen LogP contribution is -2.28. The number of hydrogen-bond acceptors (Lipinski definition) is 6. The predicted octanol–water partition coefficient (Wildman–Crippen LogP) is 4.59. The van der Waals surface area contributed by atoms with Crippen LogP contribution in [0.3, 0.4) is 0 Å². The topological polar surface area (TPSA) is 65.8 Å². The third kappa shape index (κ3) is 6.71. The Labute approximate surface area is 216 Å². The lowest BCUT2D eigenvalue weighted by Gasteiger charge is -2.26. The van der Waals surface area contributed by atoms with Gasteiger partial charge in [-0.05, 0) is 69.6 Å². The molecule has 2 saturated heterocycles. The van der Waals surface area contributed by atoms with Crippen LogP contribution in [0, 0.1) is 12.8 Å². The van der Waals surface area contributed by atoms with Crippen molar-refractivity contribution in [1.29, 1.82) is 0 Å². The van der Waals surface area contributed by atoms with Gasteiger partial charge in [0.05, 0.1) is 11.9 Å². The Kier molecular flexibility index (Phi) is 10.0. The van der Waals surface area contributed by atoms with Gasteiger partial charge in [-0.1, -0.05) is 58.0 Å². The van der Waals surface area contributed by atoms with E-state index in [9.17, 15) is 4.79 Å². The second-order valence-electron chi connectivity index (χ2n) is 10.0. The highest BCUT2D eigenvalue weighted by molar-refractivity contribution is 5.71. The van der Waals surface area contributed by atoms with Crippen molar-refractivity contribution in [2.45, 2.75) is 52.9 Å². The van der Waals surface area contributed by atoms with E-state index in [-0.39, 0.29) is 11.2 Å². The Morgan fingerprint density at radius 3 is 2.64 bits per heavy atom. The highest BCUT2D eigenvalue weighted by atomic mass is 16.1. The average Bonchev–Trinajstić information content (AvgIpc) is 3.67. The summed E-state index contributed by atoms with van der Waals surface area (Å²) in [6.07, 6.45) is 5.14. The molecule has 1 N–H and O–H groups in total. The first-order valence-corrected chi connectivity index (χ1v) is 13.4. The fourth-order valence-electron chi connectivity index (χ4n) is 5.07. The van der Waals surface area contributed by atoms with Crippen molar-refractivity contribution in [1.82, 2.24) is 24.8 Å². The summed E-state index contributed by atoms with van der Waals surface area (Å²) < 4.78 is 1.71. The zero-order valence-corrected chi connectivity index (χ0v) is 23.0. The number of rotatable bonds is 6. The second-order valence-corrected chi connectivity index (χ2v) is 10.0. The molecule has 0 spiro atoms. The molecule has 7 heteroatoms. The largest absolute Gasteiger partial charge is 0.369 e. The number of aryl methyl sites for hydroxylation is 1. The van der Waals surface area contributed by atoms with E-state index in [1.165, 1.54) is 38.2 Å². The van der Waals surface area contributed by atoms with Crippen LogP contribution in [0.2, 0.25) is 0 Å². The van der Waals surface area contributed by atoms with Crippen LogP contribution in [-0.2, 0) is 5.41 Å². The predicted molar refractivity (Wildman–Crippen MR) is 149 cm³/mol. The van der Waals surface area contributed by atoms with Gasteiger partial charge in [-0.15, -0.1) is 5.10 Å². The van der Waals surface area contributed by atoms with Crippen LogP contribution in [0.25, 0.3) is 5.65 Å². The molecule has 5 rings (SSSR count). The number of carbonyl (C=O) groups excluding carboxylic acids is 1. The zero-order valence-electron chi connectivity index (χ0n) is 23.0. The van der Waals surface area contributed by atoms with Gasteiger partial charge in [0.2, 0.25) is 5.82 Å². The van der Waals surface area contributed by atoms with Crippen LogP contribution in [0.5, 0.6) is 0 Å². The molecular formula is C29H44N6O. The van der Waals surface area contributed by atoms with Crippen LogP contribution in [-0.4, -0.2) is 72.1 Å². The van der Waals surface area contributed by atoms with Crippen LogP contribution < -0.4 is 10.2 Å². The summed E-state index contributed by atoms with van der Waals surface area (Å²) in [6, 6.07) is 12.8. The van der Waals surface area contributed by atoms with Crippen LogP contribution >= 0.6 is 0 Å². The van der Waals surface area contributed by atoms with E-state index in [1.807, 2.05) is 27.0 Å². The molecule has 1 aromatic carbocycles. The first-order chi connectivity index (χ1) is 17.4. The Morgan fingerprint density at radius 2 is 2.00 bits per heavy atom. The Balaban J connectivity index is 0.000000253. The minimum Gasteiger partial charge on any atom is -0.369 e. The average molecular weight is 493 g/mol. The van der Waals surface area contributed by atoms with Crippen molar-refractivity contribution in [3.63, 3.8) is 0 Å². The lowest BCUT2D eigenvalue weighted by atomic mass is 9.82. The van der Waals surface area contributed by atoms with E-state index in [1.54, 1.807) is 4.52 Å². The summed E-state index contributed by atoms with van der Waals surface area (Å²) in [5.41, 5.74) is 4.43. The van der Waals surface area contributed by atoms with Gasteiger partial charge in [0.1, 0.15) is 0 Å². The summed E-state index contributed by atoms with van der Waals surface area (Å²) >= 11 is 0. The molecule has 36 heavy (non-hydrogen) atoms. The van der Waals surface area contributed by atoms with Gasteiger partial charge in [0.15, 0.2) is 11.9 Å². The van der Waals surface area contributed by atoms with Crippen molar-refractivity contribution in [2.24, 2.45) is 5.92 Å². The van der Waals surface area contributed by atoms with Crippen LogP contribution in [0.15, 0.2) is 42.6 Å². The molecule has 0 bridgehead atoms. The summed E-state index contributed by atoms with van der Waals surface area (Å²) in [4.78, 5) is 19.9. The van der Waals surface area contributed by atoms with Crippen molar-refractivity contribution >= 4 is 17.6 Å². The van der Waals surface area contributed by atoms with Crippen LogP contribution in [0.1, 0.15) is 62.3 Å². The zero-order chi connectivity index (χ0) is 26.1. The molecule has 2 aromatic heterocycles. The molecule has 0 radical (unpaired) electrons. The van der Waals surface area contributed by atoms with E-state index in [0.717, 1.165) is 42.3 Å². The van der Waals surface area contributed by atoms with Gasteiger partial charge in [-0.2, -0.15) is 0 Å². The number of pyridine rings is 1. The summed E-state index contributed by atoms with van der Waals surface area (Å²) in [6.45, 7) is 17.4. The third-order valence-electron chi connectivity index (χ3n) is 7.31. The second kappa shape index (κ2) is 13.0. The first-order valence-electron chi connectivity index (χ1n) is 13.4. The first kappa shape index (κ1) is 27.8. The molecule has 2 atom stereocenters. The molecule has 1 unspecified atom stereocenters. The maximum atomic E-state index is 10.9. The summed E-state index contributed by atoms with van der Waals surface area (Å²) in [5, 5.41) is 7.60. The van der Waals surface area contributed by atoms with Crippen molar-refractivity contribution in [2.75, 3.05) is 51.2 Å². The number of fused-ring (bicyclic) bond motifs is 1. The normalized spacial score (nSPS) is 21.2. The summed E-state index contributed by atoms with van der Waals surface area (Å²) in [5.74, 6) is 1.13. The van der Waals surface area contributed by atoms with Crippen molar-refractivity contribution < 1.29 is 4.79 Å². The standard InChI is InChI=1S/C19H20N4O.C8H18N2.C2H6/c1-14-10-16(11-23-18(14)20-17(12-24)21-23)22-9-8-19(2,13-22)15-6-4-3-5-7-15;1-3-10(2)7-8-4-5-9-6-8;1-2/h3-7,10-12H,8-9,13H2,1-2H3;8-9H,3-7H2,1-2H3;1-2H3/t19-;;/m0../s1. The molecule has 0 saturated carbocycles. The van der Waals surface area contributed by atoms with Crippen LogP contribution in [0.4, 0.5) is 5.69 Å². The van der Waals surface area contributed by atoms with Gasteiger partial charge in [-0.25, -0.2) is 9.50 Å². The van der Waals surface area contributed by atoms with Crippen molar-refractivity contribution in [3.8, 4) is 0 Å². The quantitative estimate of drug-likeness (QED) is 0.508. The number of nitrogens with zero attached hydrogens (tertiary/aromatic N) is 5. The lowest BCUT2D eigenvalue weighted by molar-refractivity contribution is 0.111. The molecule has 4 heterocycles. The molecule has 2 aliphatic rings. The number of aldehydes is 1. The number of carbonyl (C=O) groups is 1.